The number of aryl methyl sites for hydroxylation is 2. The number of rotatable bonds is 3. The fourth-order valence-corrected chi connectivity index (χ4v) is 2.88. The summed E-state index contributed by atoms with van der Waals surface area (Å²) in [6.45, 7) is 4.07. The normalized spacial score (nSPS) is 10.8. The van der Waals surface area contributed by atoms with Crippen molar-refractivity contribution >= 4 is 34.1 Å². The van der Waals surface area contributed by atoms with E-state index in [4.69, 9.17) is 11.6 Å². The number of aromatic nitrogens is 1. The highest BCUT2D eigenvalue weighted by atomic mass is 35.5. The van der Waals surface area contributed by atoms with Gasteiger partial charge in [-0.2, -0.15) is 0 Å². The average Bonchev–Trinajstić information content (AvgIpc) is 2.53. The molecule has 2 aromatic carbocycles. The highest BCUT2D eigenvalue weighted by molar-refractivity contribution is 6.31. The van der Waals surface area contributed by atoms with Crippen LogP contribution in [0.4, 0.5) is 5.69 Å². The molecule has 0 aliphatic heterocycles. The van der Waals surface area contributed by atoms with Crippen LogP contribution in [0.15, 0.2) is 53.5 Å². The molecule has 122 valence electrons. The number of nitrogens with zero attached hydrogens (tertiary/aromatic N) is 1. The van der Waals surface area contributed by atoms with Gasteiger partial charge in [0.25, 0.3) is 0 Å². The minimum Gasteiger partial charge on any atom is -0.338 e. The van der Waals surface area contributed by atoms with E-state index in [1.807, 2.05) is 32.0 Å². The molecule has 5 heteroatoms. The summed E-state index contributed by atoms with van der Waals surface area (Å²) >= 11 is 6.03. The lowest BCUT2D eigenvalue weighted by molar-refractivity contribution is -0.116. The Morgan fingerprint density at radius 1 is 1.12 bits per heavy atom. The van der Waals surface area contributed by atoms with Crippen LogP contribution < -0.4 is 10.7 Å². The summed E-state index contributed by atoms with van der Waals surface area (Å²) in [5, 5.41) is 3.98. The largest absolute Gasteiger partial charge is 0.338 e. The van der Waals surface area contributed by atoms with Gasteiger partial charge < -0.3 is 9.88 Å². The number of hydrogen-bond acceptors (Lipinski definition) is 2. The molecule has 1 aromatic heterocycles. The van der Waals surface area contributed by atoms with Crippen molar-refractivity contribution in [3.63, 3.8) is 0 Å². The maximum absolute atomic E-state index is 12.4. The van der Waals surface area contributed by atoms with Crippen molar-refractivity contribution in [2.75, 3.05) is 5.32 Å². The first-order valence-corrected chi connectivity index (χ1v) is 7.97. The van der Waals surface area contributed by atoms with Gasteiger partial charge in [-0.3, -0.25) is 9.59 Å². The Morgan fingerprint density at radius 2 is 1.92 bits per heavy atom. The zero-order valence-corrected chi connectivity index (χ0v) is 14.2. The number of benzene rings is 2. The molecule has 0 saturated heterocycles. The first kappa shape index (κ1) is 16.3. The topological polar surface area (TPSA) is 51.1 Å². The van der Waals surface area contributed by atoms with E-state index in [0.717, 1.165) is 16.8 Å². The molecule has 0 aliphatic rings. The summed E-state index contributed by atoms with van der Waals surface area (Å²) in [6.07, 6.45) is 1.61. The van der Waals surface area contributed by atoms with E-state index in [0.29, 0.717) is 15.9 Å². The molecule has 1 amide bonds. The molecular formula is C19H17ClN2O2. The van der Waals surface area contributed by atoms with Crippen molar-refractivity contribution in [3.8, 4) is 0 Å². The fraction of sp³-hybridized carbons (Fsp3) is 0.158. The lowest BCUT2D eigenvalue weighted by Crippen LogP contribution is -2.20. The number of nitrogens with one attached hydrogen (secondary N) is 1. The van der Waals surface area contributed by atoms with E-state index >= 15 is 0 Å². The third-order valence-electron chi connectivity index (χ3n) is 3.91. The van der Waals surface area contributed by atoms with E-state index in [2.05, 4.69) is 5.32 Å². The maximum atomic E-state index is 12.4. The Bertz CT molecular complexity index is 992. The van der Waals surface area contributed by atoms with Gasteiger partial charge in [0.15, 0.2) is 5.43 Å². The molecule has 24 heavy (non-hydrogen) atoms. The second-order valence-corrected chi connectivity index (χ2v) is 6.27. The minimum atomic E-state index is -0.160. The van der Waals surface area contributed by atoms with E-state index in [1.54, 1.807) is 29.0 Å². The maximum Gasteiger partial charge on any atom is 0.244 e. The zero-order chi connectivity index (χ0) is 17.3. The predicted molar refractivity (Wildman–Crippen MR) is 97.8 cm³/mol. The number of carbonyl (C=O) groups excluding carboxylic acids is 1. The van der Waals surface area contributed by atoms with Gasteiger partial charge in [-0.1, -0.05) is 29.3 Å². The third kappa shape index (κ3) is 3.34. The molecule has 0 aliphatic carbocycles. The van der Waals surface area contributed by atoms with Gasteiger partial charge in [0.05, 0.1) is 5.52 Å². The van der Waals surface area contributed by atoms with Crippen LogP contribution in [0.3, 0.4) is 0 Å². The molecule has 1 heterocycles. The van der Waals surface area contributed by atoms with Crippen LogP contribution in [0.25, 0.3) is 10.9 Å². The van der Waals surface area contributed by atoms with Gasteiger partial charge in [0, 0.05) is 28.4 Å². The summed E-state index contributed by atoms with van der Waals surface area (Å²) in [7, 11) is 0. The Balaban J connectivity index is 1.89. The first-order valence-electron chi connectivity index (χ1n) is 7.60. The average molecular weight is 341 g/mol. The molecule has 1 N–H and O–H groups in total. The first-order chi connectivity index (χ1) is 11.4. The Labute approximate surface area is 144 Å². The van der Waals surface area contributed by atoms with Crippen molar-refractivity contribution in [1.29, 1.82) is 0 Å². The summed E-state index contributed by atoms with van der Waals surface area (Å²) in [5.41, 5.74) is 3.50. The molecule has 0 unspecified atom stereocenters. The van der Waals surface area contributed by atoms with Crippen molar-refractivity contribution in [2.45, 2.75) is 20.4 Å². The van der Waals surface area contributed by atoms with Gasteiger partial charge in [0.2, 0.25) is 5.91 Å². The smallest absolute Gasteiger partial charge is 0.244 e. The quantitative estimate of drug-likeness (QED) is 0.786. The lowest BCUT2D eigenvalue weighted by atomic mass is 10.1. The minimum absolute atomic E-state index is 0.0901. The van der Waals surface area contributed by atoms with Crippen LogP contribution in [0.1, 0.15) is 11.1 Å². The number of carbonyl (C=O) groups is 1. The summed E-state index contributed by atoms with van der Waals surface area (Å²) in [5.74, 6) is -0.160. The van der Waals surface area contributed by atoms with Gasteiger partial charge in [-0.05, 0) is 43.7 Å². The third-order valence-corrected chi connectivity index (χ3v) is 4.15. The number of anilines is 1. The molecule has 3 rings (SSSR count). The summed E-state index contributed by atoms with van der Waals surface area (Å²) in [4.78, 5) is 24.3. The van der Waals surface area contributed by atoms with E-state index in [1.165, 1.54) is 6.07 Å². The number of hydrogen-bond donors (Lipinski definition) is 1. The SMILES string of the molecule is Cc1ccc(NC(=O)Cn2ccc(=O)c3ccc(Cl)cc32)c(C)c1. The fourth-order valence-electron chi connectivity index (χ4n) is 2.71. The van der Waals surface area contributed by atoms with Crippen LogP contribution in [-0.4, -0.2) is 10.5 Å². The van der Waals surface area contributed by atoms with Gasteiger partial charge >= 0.3 is 0 Å². The molecule has 4 nitrogen and oxygen atoms in total. The van der Waals surface area contributed by atoms with Crippen LogP contribution >= 0.6 is 11.6 Å². The monoisotopic (exact) mass is 340 g/mol. The lowest BCUT2D eigenvalue weighted by Gasteiger charge is -2.13. The molecular weight excluding hydrogens is 324 g/mol. The Hall–Kier alpha value is -2.59. The number of fused-ring (bicyclic) bond motifs is 1. The van der Waals surface area contributed by atoms with Crippen molar-refractivity contribution in [3.05, 3.63) is 75.0 Å². The molecule has 0 fully saturated rings. The number of amides is 1. The molecule has 0 atom stereocenters. The van der Waals surface area contributed by atoms with Crippen LogP contribution in [0.5, 0.6) is 0 Å². The second-order valence-electron chi connectivity index (χ2n) is 5.84. The van der Waals surface area contributed by atoms with Crippen LogP contribution in [0, 0.1) is 13.8 Å². The van der Waals surface area contributed by atoms with Crippen LogP contribution in [-0.2, 0) is 11.3 Å². The van der Waals surface area contributed by atoms with E-state index < -0.39 is 0 Å². The standard InChI is InChI=1S/C19H17ClN2O2/c1-12-3-6-16(13(2)9-12)21-19(24)11-22-8-7-18(23)15-5-4-14(20)10-17(15)22/h3-10H,11H2,1-2H3,(H,21,24). The van der Waals surface area contributed by atoms with Gasteiger partial charge in [-0.15, -0.1) is 0 Å². The van der Waals surface area contributed by atoms with Crippen molar-refractivity contribution in [2.24, 2.45) is 0 Å². The van der Waals surface area contributed by atoms with Crippen molar-refractivity contribution < 1.29 is 4.79 Å². The summed E-state index contributed by atoms with van der Waals surface area (Å²) in [6, 6.07) is 12.4. The van der Waals surface area contributed by atoms with Crippen molar-refractivity contribution in [1.82, 2.24) is 4.57 Å². The van der Waals surface area contributed by atoms with E-state index in [-0.39, 0.29) is 17.9 Å². The van der Waals surface area contributed by atoms with E-state index in [9.17, 15) is 9.59 Å². The number of halogens is 1. The van der Waals surface area contributed by atoms with Gasteiger partial charge in [0.1, 0.15) is 6.54 Å². The molecule has 0 radical (unpaired) electrons. The zero-order valence-electron chi connectivity index (χ0n) is 13.5. The molecule has 0 saturated carbocycles. The predicted octanol–water partition coefficient (Wildman–Crippen LogP) is 3.91. The highest BCUT2D eigenvalue weighted by Crippen LogP contribution is 2.18. The van der Waals surface area contributed by atoms with Crippen LogP contribution in [0.2, 0.25) is 5.02 Å². The highest BCUT2D eigenvalue weighted by Gasteiger charge is 2.09. The van der Waals surface area contributed by atoms with Gasteiger partial charge in [-0.25, -0.2) is 0 Å². The second kappa shape index (κ2) is 6.49. The molecule has 0 bridgehead atoms. The summed E-state index contributed by atoms with van der Waals surface area (Å²) < 4.78 is 1.72. The number of pyridine rings is 1. The molecule has 0 spiro atoms. The molecule has 3 aromatic rings. The Kier molecular flexibility index (Phi) is 4.40. The Morgan fingerprint density at radius 3 is 2.67 bits per heavy atom.